The van der Waals surface area contributed by atoms with Gasteiger partial charge in [-0.15, -0.1) is 11.3 Å². The molecule has 0 bridgehead atoms. The minimum Gasteiger partial charge on any atom is -0.506 e. The molecular weight excluding hydrogens is 266 g/mol. The summed E-state index contributed by atoms with van der Waals surface area (Å²) in [6.07, 6.45) is 0. The van der Waals surface area contributed by atoms with E-state index in [1.54, 1.807) is 11.4 Å². The molecule has 0 saturated heterocycles. The van der Waals surface area contributed by atoms with E-state index >= 15 is 0 Å². The zero-order valence-electron chi connectivity index (χ0n) is 10.2. The lowest BCUT2D eigenvalue weighted by molar-refractivity contribution is 0.102. The van der Waals surface area contributed by atoms with Crippen LogP contribution in [0.3, 0.4) is 0 Å². The fourth-order valence-corrected chi connectivity index (χ4v) is 2.09. The summed E-state index contributed by atoms with van der Waals surface area (Å²) in [6, 6.07) is 4.57. The number of amides is 1. The lowest BCUT2D eigenvalue weighted by Crippen LogP contribution is -2.13. The number of hydrogen-bond acceptors (Lipinski definition) is 6. The Morgan fingerprint density at radius 1 is 1.58 bits per heavy atom. The zero-order valence-corrected chi connectivity index (χ0v) is 11.0. The van der Waals surface area contributed by atoms with Crippen LogP contribution in [0.25, 0.3) is 0 Å². The molecule has 2 rings (SSSR count). The Kier molecular flexibility index (Phi) is 3.98. The first-order valence-corrected chi connectivity index (χ1v) is 6.35. The highest BCUT2D eigenvalue weighted by atomic mass is 32.1. The van der Waals surface area contributed by atoms with Crippen molar-refractivity contribution in [2.24, 2.45) is 5.73 Å². The highest BCUT2D eigenvalue weighted by Crippen LogP contribution is 2.28. The van der Waals surface area contributed by atoms with Gasteiger partial charge < -0.3 is 20.9 Å². The molecule has 19 heavy (non-hydrogen) atoms. The predicted octanol–water partition coefficient (Wildman–Crippen LogP) is 1.57. The zero-order chi connectivity index (χ0) is 13.8. The Hall–Kier alpha value is -2.12. The first-order valence-electron chi connectivity index (χ1n) is 5.47. The van der Waals surface area contributed by atoms with Gasteiger partial charge in [-0.1, -0.05) is 0 Å². The predicted molar refractivity (Wildman–Crippen MR) is 72.6 cm³/mol. The Labute approximate surface area is 113 Å². The smallest absolute Gasteiger partial charge is 0.275 e. The van der Waals surface area contributed by atoms with Crippen molar-refractivity contribution < 1.29 is 14.6 Å². The van der Waals surface area contributed by atoms with E-state index in [-0.39, 0.29) is 17.1 Å². The summed E-state index contributed by atoms with van der Waals surface area (Å²) < 4.78 is 5.03. The maximum atomic E-state index is 11.9. The Balaban J connectivity index is 2.18. The van der Waals surface area contributed by atoms with Crippen molar-refractivity contribution >= 4 is 22.9 Å². The minimum atomic E-state index is -0.403. The normalized spacial score (nSPS) is 10.2. The van der Waals surface area contributed by atoms with E-state index in [9.17, 15) is 9.90 Å². The fourth-order valence-electron chi connectivity index (χ4n) is 1.44. The molecule has 0 spiro atoms. The summed E-state index contributed by atoms with van der Waals surface area (Å²) in [5.74, 6) is 0.0944. The SMILES string of the molecule is COc1ccc(O)c(NC(=O)c2csc(CN)n2)c1. The number of nitrogens with zero attached hydrogens (tertiary/aromatic N) is 1. The number of anilines is 1. The summed E-state index contributed by atoms with van der Waals surface area (Å²) in [7, 11) is 1.51. The molecule has 7 heteroatoms. The van der Waals surface area contributed by atoms with Crippen molar-refractivity contribution in [3.05, 3.63) is 34.3 Å². The second-order valence-corrected chi connectivity index (χ2v) is 4.61. The molecule has 0 aliphatic rings. The van der Waals surface area contributed by atoms with Gasteiger partial charge in [-0.05, 0) is 12.1 Å². The van der Waals surface area contributed by atoms with Gasteiger partial charge in [-0.25, -0.2) is 4.98 Å². The number of nitrogens with two attached hydrogens (primary N) is 1. The number of ether oxygens (including phenoxy) is 1. The first-order chi connectivity index (χ1) is 9.13. The van der Waals surface area contributed by atoms with E-state index in [1.165, 1.54) is 30.6 Å². The van der Waals surface area contributed by atoms with Gasteiger partial charge in [0.25, 0.3) is 5.91 Å². The number of phenolic OH excluding ortho intramolecular Hbond substituents is 1. The van der Waals surface area contributed by atoms with Crippen LogP contribution < -0.4 is 15.8 Å². The van der Waals surface area contributed by atoms with Crippen LogP contribution in [0.15, 0.2) is 23.6 Å². The molecule has 0 atom stereocenters. The summed E-state index contributed by atoms with van der Waals surface area (Å²) in [6.45, 7) is 0.294. The number of carbonyl (C=O) groups is 1. The van der Waals surface area contributed by atoms with Crippen molar-refractivity contribution in [1.82, 2.24) is 4.98 Å². The molecule has 1 heterocycles. The Morgan fingerprint density at radius 3 is 3.00 bits per heavy atom. The van der Waals surface area contributed by atoms with Crippen LogP contribution in [0.1, 0.15) is 15.5 Å². The highest BCUT2D eigenvalue weighted by Gasteiger charge is 2.13. The number of carbonyl (C=O) groups excluding carboxylic acids is 1. The van der Waals surface area contributed by atoms with Gasteiger partial charge in [-0.3, -0.25) is 4.79 Å². The molecule has 1 amide bonds. The third kappa shape index (κ3) is 3.01. The van der Waals surface area contributed by atoms with E-state index in [2.05, 4.69) is 10.3 Å². The van der Waals surface area contributed by atoms with Gasteiger partial charge >= 0.3 is 0 Å². The number of rotatable bonds is 4. The molecule has 0 aliphatic heterocycles. The van der Waals surface area contributed by atoms with Gasteiger partial charge in [0.05, 0.1) is 12.8 Å². The molecule has 4 N–H and O–H groups in total. The number of phenols is 1. The second kappa shape index (κ2) is 5.68. The van der Waals surface area contributed by atoms with Crippen molar-refractivity contribution in [3.8, 4) is 11.5 Å². The Bertz CT molecular complexity index is 598. The topological polar surface area (TPSA) is 97.5 Å². The molecule has 100 valence electrons. The van der Waals surface area contributed by atoms with Crippen LogP contribution in [-0.2, 0) is 6.54 Å². The molecule has 1 aromatic heterocycles. The first kappa shape index (κ1) is 13.3. The quantitative estimate of drug-likeness (QED) is 0.738. The summed E-state index contributed by atoms with van der Waals surface area (Å²) >= 11 is 1.32. The van der Waals surface area contributed by atoms with Gasteiger partial charge in [-0.2, -0.15) is 0 Å². The summed E-state index contributed by atoms with van der Waals surface area (Å²) in [4.78, 5) is 16.0. The molecular formula is C12H13N3O3S. The van der Waals surface area contributed by atoms with E-state index in [4.69, 9.17) is 10.5 Å². The highest BCUT2D eigenvalue weighted by molar-refractivity contribution is 7.09. The average molecular weight is 279 g/mol. The summed E-state index contributed by atoms with van der Waals surface area (Å²) in [5, 5.41) is 14.5. The third-order valence-corrected chi connectivity index (χ3v) is 3.28. The van der Waals surface area contributed by atoms with Crippen molar-refractivity contribution in [2.75, 3.05) is 12.4 Å². The van der Waals surface area contributed by atoms with E-state index in [1.807, 2.05) is 0 Å². The Morgan fingerprint density at radius 2 is 2.37 bits per heavy atom. The second-order valence-electron chi connectivity index (χ2n) is 3.67. The number of thiazole rings is 1. The van der Waals surface area contributed by atoms with Crippen LogP contribution in [0.5, 0.6) is 11.5 Å². The number of aromatic nitrogens is 1. The molecule has 0 aliphatic carbocycles. The van der Waals surface area contributed by atoms with Crippen LogP contribution in [0.4, 0.5) is 5.69 Å². The maximum absolute atomic E-state index is 11.9. The lowest BCUT2D eigenvalue weighted by atomic mass is 10.2. The van der Waals surface area contributed by atoms with E-state index < -0.39 is 5.91 Å². The standard InChI is InChI=1S/C12H13N3O3S/c1-18-7-2-3-10(16)8(4-7)15-12(17)9-6-19-11(5-13)14-9/h2-4,6,16H,5,13H2,1H3,(H,15,17). The maximum Gasteiger partial charge on any atom is 0.275 e. The van der Waals surface area contributed by atoms with E-state index in [0.29, 0.717) is 17.3 Å². The minimum absolute atomic E-state index is 0.0385. The van der Waals surface area contributed by atoms with Crippen molar-refractivity contribution in [3.63, 3.8) is 0 Å². The number of benzene rings is 1. The lowest BCUT2D eigenvalue weighted by Gasteiger charge is -2.07. The van der Waals surface area contributed by atoms with Crippen LogP contribution in [0, 0.1) is 0 Å². The molecule has 0 fully saturated rings. The molecule has 0 saturated carbocycles. The number of aromatic hydroxyl groups is 1. The monoisotopic (exact) mass is 279 g/mol. The van der Waals surface area contributed by atoms with Gasteiger partial charge in [0.15, 0.2) is 0 Å². The number of methoxy groups -OCH3 is 1. The fraction of sp³-hybridized carbons (Fsp3) is 0.167. The van der Waals surface area contributed by atoms with Gasteiger partial charge in [0.1, 0.15) is 22.2 Å². The molecule has 2 aromatic rings. The molecule has 0 unspecified atom stereocenters. The van der Waals surface area contributed by atoms with E-state index in [0.717, 1.165) is 0 Å². The number of nitrogens with one attached hydrogen (secondary N) is 1. The van der Waals surface area contributed by atoms with Crippen molar-refractivity contribution in [1.29, 1.82) is 0 Å². The largest absolute Gasteiger partial charge is 0.506 e. The summed E-state index contributed by atoms with van der Waals surface area (Å²) in [5.41, 5.74) is 5.98. The molecule has 0 radical (unpaired) electrons. The number of hydrogen-bond donors (Lipinski definition) is 3. The third-order valence-electron chi connectivity index (χ3n) is 2.41. The van der Waals surface area contributed by atoms with Crippen LogP contribution in [0.2, 0.25) is 0 Å². The molecule has 6 nitrogen and oxygen atoms in total. The van der Waals surface area contributed by atoms with Crippen LogP contribution >= 0.6 is 11.3 Å². The average Bonchev–Trinajstić information content (AvgIpc) is 2.90. The van der Waals surface area contributed by atoms with Gasteiger partial charge in [0, 0.05) is 18.0 Å². The van der Waals surface area contributed by atoms with Crippen LogP contribution in [-0.4, -0.2) is 23.1 Å². The molecule has 1 aromatic carbocycles. The van der Waals surface area contributed by atoms with Gasteiger partial charge in [0.2, 0.25) is 0 Å². The van der Waals surface area contributed by atoms with Crippen molar-refractivity contribution in [2.45, 2.75) is 6.54 Å².